The van der Waals surface area contributed by atoms with Crippen molar-refractivity contribution in [2.24, 2.45) is 0 Å². The highest BCUT2D eigenvalue weighted by Crippen LogP contribution is 2.55. The molecule has 0 spiro atoms. The fourth-order valence-electron chi connectivity index (χ4n) is 3.91. The van der Waals surface area contributed by atoms with Crippen molar-refractivity contribution in [3.63, 3.8) is 0 Å². The van der Waals surface area contributed by atoms with Gasteiger partial charge in [0.15, 0.2) is 0 Å². The minimum atomic E-state index is -1.77. The lowest BCUT2D eigenvalue weighted by molar-refractivity contribution is -0.00000616. The molecule has 0 saturated heterocycles. The number of rotatable bonds is 8. The second-order valence-electron chi connectivity index (χ2n) is 7.63. The van der Waals surface area contributed by atoms with Crippen LogP contribution in [0.3, 0.4) is 0 Å². The van der Waals surface area contributed by atoms with Crippen molar-refractivity contribution in [3.05, 3.63) is 91.0 Å². The predicted octanol–water partition coefficient (Wildman–Crippen LogP) is 3.35. The molecule has 164 valence electrons. The minimum Gasteiger partial charge on any atom is -1.00 e. The second-order valence-corrected chi connectivity index (χ2v) is 11.2. The van der Waals surface area contributed by atoms with Crippen molar-refractivity contribution in [1.82, 2.24) is 0 Å². The lowest BCUT2D eigenvalue weighted by Gasteiger charge is -2.27. The van der Waals surface area contributed by atoms with Gasteiger partial charge in [0.2, 0.25) is 0 Å². The average Bonchev–Trinajstić information content (AvgIpc) is 2.84. The quantitative estimate of drug-likeness (QED) is 0.251. The molecule has 0 radical (unpaired) electrons. The van der Waals surface area contributed by atoms with Crippen LogP contribution in [0.2, 0.25) is 0 Å². The van der Waals surface area contributed by atoms with Crippen molar-refractivity contribution in [3.8, 4) is 23.7 Å². The highest BCUT2D eigenvalue weighted by Gasteiger charge is 2.44. The molecule has 3 aromatic rings. The number of hydrogen-bond acceptors (Lipinski definition) is 0. The molecule has 0 saturated carbocycles. The monoisotopic (exact) mass is 502 g/mol. The smallest absolute Gasteiger partial charge is 0.113 e. The Hall–Kier alpha value is -2.31. The summed E-state index contributed by atoms with van der Waals surface area (Å²) in [6, 6.07) is 33.1. The number of hydrogen-bond donors (Lipinski definition) is 0. The number of unbranched alkanes of at least 4 members (excludes halogenated alkanes) is 3. The first kappa shape index (κ1) is 25.9. The van der Waals surface area contributed by atoms with Crippen LogP contribution in [0.5, 0.6) is 0 Å². The summed E-state index contributed by atoms with van der Waals surface area (Å²) < 4.78 is 0. The van der Waals surface area contributed by atoms with Crippen molar-refractivity contribution in [2.45, 2.75) is 45.4 Å². The maximum atomic E-state index is 3.43. The van der Waals surface area contributed by atoms with Gasteiger partial charge in [0, 0.05) is 12.8 Å². The second kappa shape index (κ2) is 14.7. The fourth-order valence-corrected chi connectivity index (χ4v) is 8.07. The molecule has 2 heteroatoms. The zero-order chi connectivity index (χ0) is 21.6. The van der Waals surface area contributed by atoms with Gasteiger partial charge in [0.25, 0.3) is 0 Å². The Balaban J connectivity index is 0.00000363. The highest BCUT2D eigenvalue weighted by molar-refractivity contribution is 7.95. The van der Waals surface area contributed by atoms with Crippen molar-refractivity contribution in [2.75, 3.05) is 6.16 Å². The Labute approximate surface area is 206 Å². The summed E-state index contributed by atoms with van der Waals surface area (Å²) in [6.07, 6.45) is 7.32. The molecule has 0 unspecified atom stereocenters. The molecule has 0 aliphatic rings. The third-order valence-electron chi connectivity index (χ3n) is 5.50. The van der Waals surface area contributed by atoms with Crippen molar-refractivity contribution in [1.29, 1.82) is 0 Å². The van der Waals surface area contributed by atoms with Crippen molar-refractivity contribution >= 4 is 23.2 Å². The molecule has 0 heterocycles. The summed E-state index contributed by atoms with van der Waals surface area (Å²) in [5.41, 5.74) is 0. The average molecular weight is 503 g/mol. The Bertz CT molecular complexity index is 925. The molecule has 0 fully saturated rings. The van der Waals surface area contributed by atoms with E-state index in [1.54, 1.807) is 0 Å². The molecule has 0 aliphatic heterocycles. The van der Waals surface area contributed by atoms with E-state index >= 15 is 0 Å². The Morgan fingerprint density at radius 1 is 0.562 bits per heavy atom. The van der Waals surface area contributed by atoms with Gasteiger partial charge in [-0.1, -0.05) is 92.1 Å². The van der Waals surface area contributed by atoms with Gasteiger partial charge < -0.3 is 17.0 Å². The van der Waals surface area contributed by atoms with Gasteiger partial charge in [-0.2, -0.15) is 0 Å². The Morgan fingerprint density at radius 2 is 1.00 bits per heavy atom. The third kappa shape index (κ3) is 7.10. The molecule has 3 rings (SSSR count). The van der Waals surface area contributed by atoms with Gasteiger partial charge in [-0.25, -0.2) is 0 Å². The maximum absolute atomic E-state index is 3.43. The zero-order valence-electron chi connectivity index (χ0n) is 18.9. The van der Waals surface area contributed by atoms with Crippen LogP contribution in [-0.4, -0.2) is 6.16 Å². The molecule has 0 amide bonds. The summed E-state index contributed by atoms with van der Waals surface area (Å²) >= 11 is 0. The van der Waals surface area contributed by atoms with E-state index < -0.39 is 7.26 Å². The van der Waals surface area contributed by atoms with E-state index in [1.807, 2.05) is 0 Å². The third-order valence-corrected chi connectivity index (χ3v) is 9.93. The first-order valence-electron chi connectivity index (χ1n) is 11.3. The number of benzene rings is 3. The van der Waals surface area contributed by atoms with Gasteiger partial charge in [-0.3, -0.25) is 0 Å². The molecular weight excluding hydrogens is 471 g/mol. The fraction of sp³-hybridized carbons (Fsp3) is 0.267. The van der Waals surface area contributed by atoms with Crippen LogP contribution in [0.1, 0.15) is 45.4 Å². The van der Waals surface area contributed by atoms with Crippen molar-refractivity contribution < 1.29 is 17.0 Å². The summed E-state index contributed by atoms with van der Waals surface area (Å²) in [6.45, 7) is 2.22. The van der Waals surface area contributed by atoms with Crippen LogP contribution in [0.25, 0.3) is 0 Å². The number of halogens is 1. The van der Waals surface area contributed by atoms with E-state index in [0.29, 0.717) is 6.42 Å². The van der Waals surface area contributed by atoms with Gasteiger partial charge in [-0.15, -0.1) is 5.92 Å². The molecule has 0 bridgehead atoms. The van der Waals surface area contributed by atoms with E-state index in [1.165, 1.54) is 35.2 Å². The molecule has 3 aromatic carbocycles. The van der Waals surface area contributed by atoms with Crippen LogP contribution in [-0.2, 0) is 0 Å². The van der Waals surface area contributed by atoms with Crippen LogP contribution in [0.4, 0.5) is 0 Å². The predicted molar refractivity (Wildman–Crippen MR) is 139 cm³/mol. The largest absolute Gasteiger partial charge is 1.00 e. The molecular formula is C30H32BrP. The Kier molecular flexibility index (Phi) is 11.9. The van der Waals surface area contributed by atoms with E-state index in [2.05, 4.69) is 122 Å². The molecule has 0 N–H and O–H groups in total. The summed E-state index contributed by atoms with van der Waals surface area (Å²) in [7, 11) is -1.77. The normalized spacial score (nSPS) is 10.2. The van der Waals surface area contributed by atoms with Crippen LogP contribution in [0, 0.1) is 23.7 Å². The molecule has 0 aromatic heterocycles. The first-order chi connectivity index (χ1) is 15.4. The summed E-state index contributed by atoms with van der Waals surface area (Å²) in [4.78, 5) is 0. The zero-order valence-corrected chi connectivity index (χ0v) is 21.4. The van der Waals surface area contributed by atoms with Gasteiger partial charge in [-0.05, 0) is 42.8 Å². The van der Waals surface area contributed by atoms with Crippen LogP contribution < -0.4 is 32.9 Å². The topological polar surface area (TPSA) is 0 Å². The Morgan fingerprint density at radius 3 is 1.44 bits per heavy atom. The van der Waals surface area contributed by atoms with Gasteiger partial charge >= 0.3 is 0 Å². The summed E-state index contributed by atoms with van der Waals surface area (Å²) in [5.74, 6) is 13.2. The molecule has 0 atom stereocenters. The minimum absolute atomic E-state index is 0. The lowest BCUT2D eigenvalue weighted by atomic mass is 10.2. The SMILES string of the molecule is CCCCCC#CCC#CCC[P+](c1ccccc1)(c1ccccc1)c1ccccc1.[Br-]. The molecule has 0 aliphatic carbocycles. The van der Waals surface area contributed by atoms with Crippen LogP contribution >= 0.6 is 7.26 Å². The van der Waals surface area contributed by atoms with Gasteiger partial charge in [0.05, 0.1) is 12.6 Å². The molecule has 32 heavy (non-hydrogen) atoms. The maximum Gasteiger partial charge on any atom is 0.113 e. The standard InChI is InChI=1S/C30H32P.BrH/c1-2-3-4-5-6-7-8-9-10-20-27-31(28-21-14-11-15-22-28,29-23-16-12-17-24-29)30-25-18-13-19-26-30;/h11-19,21-26H,2-5,8,20,27H2,1H3;1H/q+1;/p-1. The van der Waals surface area contributed by atoms with E-state index in [4.69, 9.17) is 0 Å². The van der Waals surface area contributed by atoms with E-state index in [0.717, 1.165) is 19.0 Å². The summed E-state index contributed by atoms with van der Waals surface area (Å²) in [5, 5.41) is 4.26. The van der Waals surface area contributed by atoms with E-state index in [9.17, 15) is 0 Å². The first-order valence-corrected chi connectivity index (χ1v) is 13.3. The molecule has 0 nitrogen and oxygen atoms in total. The highest BCUT2D eigenvalue weighted by atomic mass is 79.9. The van der Waals surface area contributed by atoms with E-state index in [-0.39, 0.29) is 17.0 Å². The van der Waals surface area contributed by atoms with Gasteiger partial charge in [0.1, 0.15) is 23.2 Å². The van der Waals surface area contributed by atoms with Crippen LogP contribution in [0.15, 0.2) is 91.0 Å². The lowest BCUT2D eigenvalue weighted by Crippen LogP contribution is -3.00.